The molecule has 2 aromatic rings. The molecular formula is C20H24N4O2S. The van der Waals surface area contributed by atoms with Crippen LogP contribution in [0.5, 0.6) is 0 Å². The lowest BCUT2D eigenvalue weighted by Crippen LogP contribution is -2.55. The van der Waals surface area contributed by atoms with Crippen molar-refractivity contribution in [3.63, 3.8) is 0 Å². The normalized spacial score (nSPS) is 19.9. The molecule has 1 atom stereocenters. The van der Waals surface area contributed by atoms with E-state index in [0.717, 1.165) is 49.7 Å². The van der Waals surface area contributed by atoms with Gasteiger partial charge >= 0.3 is 0 Å². The van der Waals surface area contributed by atoms with Crippen molar-refractivity contribution in [3.05, 3.63) is 47.3 Å². The van der Waals surface area contributed by atoms with Crippen LogP contribution in [0.1, 0.15) is 22.5 Å². The van der Waals surface area contributed by atoms with E-state index < -0.39 is 0 Å². The SMILES string of the molecule is O=C(Nc1ccc(C(=O)N2CCCC2)s1)C1CN(c2ccccc2)CCN1. The van der Waals surface area contributed by atoms with Gasteiger partial charge in [-0.2, -0.15) is 0 Å². The number of benzene rings is 1. The van der Waals surface area contributed by atoms with Crippen molar-refractivity contribution in [1.29, 1.82) is 0 Å². The molecule has 0 saturated carbocycles. The lowest BCUT2D eigenvalue weighted by Gasteiger charge is -2.34. The van der Waals surface area contributed by atoms with E-state index in [2.05, 4.69) is 27.7 Å². The molecule has 2 amide bonds. The van der Waals surface area contributed by atoms with Gasteiger partial charge in [0, 0.05) is 38.4 Å². The summed E-state index contributed by atoms with van der Waals surface area (Å²) in [7, 11) is 0. The van der Waals surface area contributed by atoms with Gasteiger partial charge in [-0.15, -0.1) is 11.3 Å². The molecule has 2 aliphatic heterocycles. The first kappa shape index (κ1) is 18.0. The van der Waals surface area contributed by atoms with Gasteiger partial charge in [-0.3, -0.25) is 9.59 Å². The Kier molecular flexibility index (Phi) is 5.40. The zero-order valence-electron chi connectivity index (χ0n) is 15.2. The molecule has 142 valence electrons. The first-order valence-corrected chi connectivity index (χ1v) is 10.3. The van der Waals surface area contributed by atoms with Crippen LogP contribution in [0.2, 0.25) is 0 Å². The lowest BCUT2D eigenvalue weighted by atomic mass is 10.1. The van der Waals surface area contributed by atoms with Gasteiger partial charge in [0.15, 0.2) is 0 Å². The minimum atomic E-state index is -0.279. The Morgan fingerprint density at radius 1 is 1.04 bits per heavy atom. The number of carbonyl (C=O) groups is 2. The van der Waals surface area contributed by atoms with Gasteiger partial charge < -0.3 is 20.4 Å². The number of carbonyl (C=O) groups excluding carboxylic acids is 2. The predicted octanol–water partition coefficient (Wildman–Crippen LogP) is 2.40. The fourth-order valence-corrected chi connectivity index (χ4v) is 4.48. The highest BCUT2D eigenvalue weighted by molar-refractivity contribution is 7.18. The molecule has 3 heterocycles. The van der Waals surface area contributed by atoms with Gasteiger partial charge in [0.1, 0.15) is 6.04 Å². The molecule has 2 saturated heterocycles. The summed E-state index contributed by atoms with van der Waals surface area (Å²) in [4.78, 5) is 29.9. The van der Waals surface area contributed by atoms with Gasteiger partial charge in [0.2, 0.25) is 5.91 Å². The lowest BCUT2D eigenvalue weighted by molar-refractivity contribution is -0.118. The second kappa shape index (κ2) is 8.10. The minimum Gasteiger partial charge on any atom is -0.368 e. The largest absolute Gasteiger partial charge is 0.368 e. The zero-order valence-corrected chi connectivity index (χ0v) is 16.0. The summed E-state index contributed by atoms with van der Waals surface area (Å²) in [5.41, 5.74) is 1.13. The smallest absolute Gasteiger partial charge is 0.263 e. The van der Waals surface area contributed by atoms with Gasteiger partial charge in [-0.25, -0.2) is 0 Å². The van der Waals surface area contributed by atoms with Gasteiger partial charge in [0.25, 0.3) is 5.91 Å². The van der Waals surface area contributed by atoms with Crippen molar-refractivity contribution in [2.24, 2.45) is 0 Å². The molecule has 0 aliphatic carbocycles. The van der Waals surface area contributed by atoms with Crippen LogP contribution in [0.15, 0.2) is 42.5 Å². The maximum Gasteiger partial charge on any atom is 0.263 e. The molecule has 2 fully saturated rings. The number of hydrogen-bond donors (Lipinski definition) is 2. The Morgan fingerprint density at radius 2 is 1.81 bits per heavy atom. The van der Waals surface area contributed by atoms with Crippen LogP contribution in [-0.4, -0.2) is 55.5 Å². The number of hydrogen-bond acceptors (Lipinski definition) is 5. The maximum atomic E-state index is 12.7. The standard InChI is InChI=1S/C20H24N4O2S/c25-19(16-14-24(13-10-21-16)15-6-2-1-3-7-15)22-18-9-8-17(27-18)20(26)23-11-4-5-12-23/h1-3,6-9,16,21H,4-5,10-14H2,(H,22,25). The average molecular weight is 385 g/mol. The molecular weight excluding hydrogens is 360 g/mol. The van der Waals surface area contributed by atoms with Crippen LogP contribution in [-0.2, 0) is 4.79 Å². The van der Waals surface area contributed by atoms with E-state index in [1.165, 1.54) is 11.3 Å². The predicted molar refractivity (Wildman–Crippen MR) is 109 cm³/mol. The van der Waals surface area contributed by atoms with Gasteiger partial charge in [0.05, 0.1) is 9.88 Å². The Labute approximate surface area is 163 Å². The zero-order chi connectivity index (χ0) is 18.6. The first-order valence-electron chi connectivity index (χ1n) is 9.44. The molecule has 4 rings (SSSR count). The van der Waals surface area contributed by atoms with Crippen LogP contribution >= 0.6 is 11.3 Å². The number of piperazine rings is 1. The summed E-state index contributed by atoms with van der Waals surface area (Å²) in [5.74, 6) is 0.0155. The van der Waals surface area contributed by atoms with Crippen LogP contribution < -0.4 is 15.5 Å². The Bertz CT molecular complexity index is 801. The maximum absolute atomic E-state index is 12.7. The topological polar surface area (TPSA) is 64.7 Å². The Balaban J connectivity index is 1.37. The molecule has 7 heteroatoms. The highest BCUT2D eigenvalue weighted by Crippen LogP contribution is 2.25. The summed E-state index contributed by atoms with van der Waals surface area (Å²) < 4.78 is 0. The van der Waals surface area contributed by atoms with Crippen LogP contribution in [0, 0.1) is 0 Å². The summed E-state index contributed by atoms with van der Waals surface area (Å²) in [5, 5.41) is 6.98. The summed E-state index contributed by atoms with van der Waals surface area (Å²) in [6.45, 7) is 3.93. The fourth-order valence-electron chi connectivity index (χ4n) is 3.60. The second-order valence-electron chi connectivity index (χ2n) is 6.94. The minimum absolute atomic E-state index is 0.0577. The van der Waals surface area contributed by atoms with Crippen molar-refractivity contribution >= 4 is 33.8 Å². The van der Waals surface area contributed by atoms with Crippen LogP contribution in [0.25, 0.3) is 0 Å². The van der Waals surface area contributed by atoms with Crippen molar-refractivity contribution in [1.82, 2.24) is 10.2 Å². The Hall–Kier alpha value is -2.38. The Morgan fingerprint density at radius 3 is 2.59 bits per heavy atom. The highest BCUT2D eigenvalue weighted by Gasteiger charge is 2.26. The molecule has 0 radical (unpaired) electrons. The van der Waals surface area contributed by atoms with E-state index in [1.807, 2.05) is 35.2 Å². The van der Waals surface area contributed by atoms with E-state index in [4.69, 9.17) is 0 Å². The first-order chi connectivity index (χ1) is 13.2. The molecule has 6 nitrogen and oxygen atoms in total. The number of thiophene rings is 1. The van der Waals surface area contributed by atoms with Gasteiger partial charge in [-0.05, 0) is 37.1 Å². The average Bonchev–Trinajstić information content (AvgIpc) is 3.41. The van der Waals surface area contributed by atoms with Crippen LogP contribution in [0.4, 0.5) is 10.7 Å². The summed E-state index contributed by atoms with van der Waals surface area (Å²) >= 11 is 1.35. The van der Waals surface area contributed by atoms with E-state index in [0.29, 0.717) is 11.4 Å². The number of rotatable bonds is 4. The van der Waals surface area contributed by atoms with Crippen molar-refractivity contribution in [2.45, 2.75) is 18.9 Å². The second-order valence-corrected chi connectivity index (χ2v) is 8.02. The van der Waals surface area contributed by atoms with E-state index in [-0.39, 0.29) is 17.9 Å². The molecule has 1 unspecified atom stereocenters. The number of likely N-dealkylation sites (tertiary alicyclic amines) is 1. The van der Waals surface area contributed by atoms with Crippen molar-refractivity contribution < 1.29 is 9.59 Å². The molecule has 2 aliphatic rings. The van der Waals surface area contributed by atoms with E-state index in [9.17, 15) is 9.59 Å². The van der Waals surface area contributed by atoms with Crippen molar-refractivity contribution in [3.8, 4) is 0 Å². The van der Waals surface area contributed by atoms with E-state index in [1.54, 1.807) is 0 Å². The van der Waals surface area contributed by atoms with Gasteiger partial charge in [-0.1, -0.05) is 18.2 Å². The summed E-state index contributed by atoms with van der Waals surface area (Å²) in [6.07, 6.45) is 2.15. The molecule has 1 aromatic carbocycles. The number of nitrogens with zero attached hydrogens (tertiary/aromatic N) is 2. The van der Waals surface area contributed by atoms with Crippen molar-refractivity contribution in [2.75, 3.05) is 42.9 Å². The number of amides is 2. The fraction of sp³-hybridized carbons (Fsp3) is 0.400. The monoisotopic (exact) mass is 384 g/mol. The number of nitrogens with one attached hydrogen (secondary N) is 2. The van der Waals surface area contributed by atoms with Crippen LogP contribution in [0.3, 0.4) is 0 Å². The number of anilines is 2. The molecule has 27 heavy (non-hydrogen) atoms. The highest BCUT2D eigenvalue weighted by atomic mass is 32.1. The summed E-state index contributed by atoms with van der Waals surface area (Å²) in [6, 6.07) is 13.5. The number of para-hydroxylation sites is 1. The molecule has 1 aromatic heterocycles. The molecule has 2 N–H and O–H groups in total. The molecule has 0 spiro atoms. The quantitative estimate of drug-likeness (QED) is 0.850. The third-order valence-electron chi connectivity index (χ3n) is 5.07. The van der Waals surface area contributed by atoms with E-state index >= 15 is 0 Å². The third kappa shape index (κ3) is 4.14. The molecule has 0 bridgehead atoms. The third-order valence-corrected chi connectivity index (χ3v) is 6.06.